The Morgan fingerprint density at radius 1 is 1.35 bits per heavy atom. The van der Waals surface area contributed by atoms with Crippen LogP contribution in [0.25, 0.3) is 0 Å². The SMILES string of the molecule is C[C@@H](c1ccccc1)[C@H](N)CNc1nccs1. The summed E-state index contributed by atoms with van der Waals surface area (Å²) >= 11 is 1.59. The van der Waals surface area contributed by atoms with Gasteiger partial charge < -0.3 is 11.1 Å². The molecule has 1 aromatic carbocycles. The number of nitrogens with one attached hydrogen (secondary N) is 1. The molecular weight excluding hydrogens is 230 g/mol. The molecule has 0 unspecified atom stereocenters. The van der Waals surface area contributed by atoms with Gasteiger partial charge in [0, 0.05) is 24.2 Å². The molecule has 0 spiro atoms. The van der Waals surface area contributed by atoms with Gasteiger partial charge in [-0.3, -0.25) is 0 Å². The highest BCUT2D eigenvalue weighted by Gasteiger charge is 2.14. The van der Waals surface area contributed by atoms with Gasteiger partial charge in [0.2, 0.25) is 0 Å². The number of hydrogen-bond acceptors (Lipinski definition) is 4. The molecule has 0 aliphatic carbocycles. The molecule has 0 saturated carbocycles. The topological polar surface area (TPSA) is 50.9 Å². The molecule has 1 aromatic heterocycles. The van der Waals surface area contributed by atoms with Crippen molar-refractivity contribution in [3.63, 3.8) is 0 Å². The molecule has 17 heavy (non-hydrogen) atoms. The van der Waals surface area contributed by atoms with Gasteiger partial charge in [-0.15, -0.1) is 11.3 Å². The van der Waals surface area contributed by atoms with Crippen LogP contribution in [-0.2, 0) is 0 Å². The molecule has 1 heterocycles. The first-order valence-corrected chi connectivity index (χ1v) is 6.59. The average Bonchev–Trinajstić information content (AvgIpc) is 2.89. The Labute approximate surface area is 106 Å². The zero-order valence-corrected chi connectivity index (χ0v) is 10.7. The lowest BCUT2D eigenvalue weighted by molar-refractivity contribution is 0.589. The maximum absolute atomic E-state index is 6.18. The van der Waals surface area contributed by atoms with Crippen LogP contribution in [0, 0.1) is 0 Å². The van der Waals surface area contributed by atoms with Crippen LogP contribution in [0.5, 0.6) is 0 Å². The van der Waals surface area contributed by atoms with E-state index >= 15 is 0 Å². The normalized spacial score (nSPS) is 14.2. The maximum Gasteiger partial charge on any atom is 0.182 e. The molecule has 4 heteroatoms. The summed E-state index contributed by atoms with van der Waals surface area (Å²) in [5, 5.41) is 6.14. The summed E-state index contributed by atoms with van der Waals surface area (Å²) in [5.41, 5.74) is 7.46. The Hall–Kier alpha value is -1.39. The van der Waals surface area contributed by atoms with E-state index in [2.05, 4.69) is 29.4 Å². The van der Waals surface area contributed by atoms with E-state index in [0.717, 1.165) is 11.7 Å². The van der Waals surface area contributed by atoms with E-state index in [9.17, 15) is 0 Å². The smallest absolute Gasteiger partial charge is 0.182 e. The molecule has 0 bridgehead atoms. The van der Waals surface area contributed by atoms with Crippen molar-refractivity contribution in [1.82, 2.24) is 4.98 Å². The standard InChI is InChI=1S/C13H17N3S/c1-10(11-5-3-2-4-6-11)12(14)9-16-13-15-7-8-17-13/h2-8,10,12H,9,14H2,1H3,(H,15,16)/t10-,12+/m0/s1. The fraction of sp³-hybridized carbons (Fsp3) is 0.308. The van der Waals surface area contributed by atoms with Gasteiger partial charge >= 0.3 is 0 Å². The number of aromatic nitrogens is 1. The van der Waals surface area contributed by atoms with Crippen molar-refractivity contribution in [3.8, 4) is 0 Å². The van der Waals surface area contributed by atoms with Gasteiger partial charge in [0.15, 0.2) is 5.13 Å². The zero-order valence-electron chi connectivity index (χ0n) is 9.84. The van der Waals surface area contributed by atoms with Crippen molar-refractivity contribution in [2.75, 3.05) is 11.9 Å². The van der Waals surface area contributed by atoms with Gasteiger partial charge in [0.1, 0.15) is 0 Å². The molecule has 0 aliphatic heterocycles. The minimum Gasteiger partial charge on any atom is -0.360 e. The van der Waals surface area contributed by atoms with Crippen LogP contribution in [0.15, 0.2) is 41.9 Å². The van der Waals surface area contributed by atoms with Crippen molar-refractivity contribution >= 4 is 16.5 Å². The molecule has 3 nitrogen and oxygen atoms in total. The molecule has 2 rings (SSSR count). The molecule has 0 fully saturated rings. The second-order valence-corrected chi connectivity index (χ2v) is 4.98. The highest BCUT2D eigenvalue weighted by atomic mass is 32.1. The van der Waals surface area contributed by atoms with Crippen LogP contribution in [0.4, 0.5) is 5.13 Å². The molecule has 3 N–H and O–H groups in total. The largest absolute Gasteiger partial charge is 0.360 e. The molecule has 0 radical (unpaired) electrons. The van der Waals surface area contributed by atoms with E-state index < -0.39 is 0 Å². The number of nitrogens with zero attached hydrogens (tertiary/aromatic N) is 1. The number of anilines is 1. The molecule has 2 atom stereocenters. The van der Waals surface area contributed by atoms with Crippen molar-refractivity contribution in [2.24, 2.45) is 5.73 Å². The van der Waals surface area contributed by atoms with Crippen molar-refractivity contribution in [1.29, 1.82) is 0 Å². The van der Waals surface area contributed by atoms with Crippen molar-refractivity contribution in [2.45, 2.75) is 18.9 Å². The molecule has 0 amide bonds. The number of benzene rings is 1. The van der Waals surface area contributed by atoms with E-state index in [1.807, 2.05) is 23.6 Å². The Morgan fingerprint density at radius 2 is 2.12 bits per heavy atom. The Morgan fingerprint density at radius 3 is 2.76 bits per heavy atom. The van der Waals surface area contributed by atoms with Crippen molar-refractivity contribution < 1.29 is 0 Å². The van der Waals surface area contributed by atoms with Gasteiger partial charge in [-0.05, 0) is 11.5 Å². The van der Waals surface area contributed by atoms with E-state index in [1.165, 1.54) is 5.56 Å². The van der Waals surface area contributed by atoms with E-state index in [0.29, 0.717) is 5.92 Å². The fourth-order valence-corrected chi connectivity index (χ4v) is 2.24. The third-order valence-corrected chi connectivity index (χ3v) is 3.62. The first kappa shape index (κ1) is 12.1. The number of thiazole rings is 1. The molecule has 2 aromatic rings. The second-order valence-electron chi connectivity index (χ2n) is 4.08. The number of hydrogen-bond donors (Lipinski definition) is 2. The quantitative estimate of drug-likeness (QED) is 0.854. The Balaban J connectivity index is 1.89. The first-order valence-electron chi connectivity index (χ1n) is 5.71. The van der Waals surface area contributed by atoms with Crippen molar-refractivity contribution in [3.05, 3.63) is 47.5 Å². The lowest BCUT2D eigenvalue weighted by atomic mass is 9.94. The summed E-state index contributed by atoms with van der Waals surface area (Å²) in [6.45, 7) is 2.90. The van der Waals surface area contributed by atoms with Gasteiger partial charge in [-0.1, -0.05) is 37.3 Å². The molecule has 90 valence electrons. The van der Waals surface area contributed by atoms with Crippen LogP contribution < -0.4 is 11.1 Å². The molecule has 0 aliphatic rings. The summed E-state index contributed by atoms with van der Waals surface area (Å²) in [6.07, 6.45) is 1.79. The summed E-state index contributed by atoms with van der Waals surface area (Å²) < 4.78 is 0. The third kappa shape index (κ3) is 3.28. The molecule has 0 saturated heterocycles. The second kappa shape index (κ2) is 5.80. The highest BCUT2D eigenvalue weighted by molar-refractivity contribution is 7.13. The van der Waals surface area contributed by atoms with Gasteiger partial charge in [0.25, 0.3) is 0 Å². The number of nitrogens with two attached hydrogens (primary N) is 1. The minimum absolute atomic E-state index is 0.0845. The molecular formula is C13H17N3S. The summed E-state index contributed by atoms with van der Waals surface area (Å²) in [4.78, 5) is 4.17. The van der Waals surface area contributed by atoms with Crippen LogP contribution in [-0.4, -0.2) is 17.6 Å². The Kier molecular flexibility index (Phi) is 4.12. The van der Waals surface area contributed by atoms with Gasteiger partial charge in [0.05, 0.1) is 0 Å². The summed E-state index contributed by atoms with van der Waals surface area (Å²) in [5.74, 6) is 0.337. The van der Waals surface area contributed by atoms with Gasteiger partial charge in [-0.25, -0.2) is 4.98 Å². The highest BCUT2D eigenvalue weighted by Crippen LogP contribution is 2.18. The summed E-state index contributed by atoms with van der Waals surface area (Å²) in [7, 11) is 0. The lowest BCUT2D eigenvalue weighted by Gasteiger charge is -2.20. The monoisotopic (exact) mass is 247 g/mol. The predicted molar refractivity (Wildman–Crippen MR) is 73.4 cm³/mol. The van der Waals surface area contributed by atoms with Crippen LogP contribution in [0.2, 0.25) is 0 Å². The summed E-state index contributed by atoms with van der Waals surface area (Å²) in [6, 6.07) is 10.4. The van der Waals surface area contributed by atoms with E-state index in [4.69, 9.17) is 5.73 Å². The van der Waals surface area contributed by atoms with Crippen LogP contribution >= 0.6 is 11.3 Å². The maximum atomic E-state index is 6.18. The van der Waals surface area contributed by atoms with Crippen LogP contribution in [0.3, 0.4) is 0 Å². The predicted octanol–water partition coefficient (Wildman–Crippen LogP) is 2.69. The van der Waals surface area contributed by atoms with E-state index in [1.54, 1.807) is 17.5 Å². The number of rotatable bonds is 5. The van der Waals surface area contributed by atoms with E-state index in [-0.39, 0.29) is 6.04 Å². The zero-order chi connectivity index (χ0) is 12.1. The lowest BCUT2D eigenvalue weighted by Crippen LogP contribution is -2.34. The fourth-order valence-electron chi connectivity index (χ4n) is 1.70. The van der Waals surface area contributed by atoms with Gasteiger partial charge in [-0.2, -0.15) is 0 Å². The Bertz CT molecular complexity index is 427. The minimum atomic E-state index is 0.0845. The first-order chi connectivity index (χ1) is 8.27. The third-order valence-electron chi connectivity index (χ3n) is 2.89. The van der Waals surface area contributed by atoms with Crippen LogP contribution in [0.1, 0.15) is 18.4 Å². The average molecular weight is 247 g/mol.